The molecule has 0 heterocycles. The Morgan fingerprint density at radius 2 is 0.683 bits per heavy atom. The van der Waals surface area contributed by atoms with Gasteiger partial charge in [-0.25, -0.2) is 4.79 Å². The molecular formula is C68H86N16O17. The zero-order chi connectivity index (χ0) is 73.8. The van der Waals surface area contributed by atoms with Gasteiger partial charge in [0, 0.05) is 51.6 Å². The smallest absolute Gasteiger partial charge is 0.408 e. The molecule has 0 aliphatic heterocycles. The van der Waals surface area contributed by atoms with Crippen molar-refractivity contribution in [2.75, 3.05) is 19.6 Å². The maximum Gasteiger partial charge on any atom is 0.408 e. The van der Waals surface area contributed by atoms with E-state index in [9.17, 15) is 78.0 Å². The van der Waals surface area contributed by atoms with Crippen molar-refractivity contribution >= 4 is 83.1 Å². The van der Waals surface area contributed by atoms with Gasteiger partial charge < -0.3 is 101 Å². The van der Waals surface area contributed by atoms with Crippen molar-refractivity contribution in [3.8, 4) is 11.5 Å². The number of ether oxygens (including phenoxy) is 1. The minimum atomic E-state index is -1.71. The van der Waals surface area contributed by atoms with Crippen molar-refractivity contribution in [3.05, 3.63) is 167 Å². The monoisotopic (exact) mass is 1400 g/mol. The van der Waals surface area contributed by atoms with Crippen LogP contribution >= 0.6 is 0 Å². The highest BCUT2D eigenvalue weighted by Crippen LogP contribution is 2.16. The van der Waals surface area contributed by atoms with Gasteiger partial charge in [0.25, 0.3) is 0 Å². The van der Waals surface area contributed by atoms with Crippen molar-refractivity contribution in [2.24, 2.45) is 17.2 Å². The number of carbonyl (C=O) groups excluding carboxylic acids is 10. The van der Waals surface area contributed by atoms with Crippen LogP contribution in [0, 0.1) is 10.8 Å². The Kier molecular flexibility index (Phi) is 32.8. The largest absolute Gasteiger partial charge is 0.508 e. The number of aromatic hydroxyl groups is 2. The van der Waals surface area contributed by atoms with Crippen LogP contribution in [0.25, 0.3) is 0 Å². The SMILES string of the molecule is N=C(N)NCCC[C@H](NC(=O)[C@H](CCC(=O)O)NC(=O)[C@H](Cc1ccc(O)cc1)NC(=O)CNC(=O)[C@H](Cc1ccccc1)NC(=O)[C@H](CCCNC(=N)N)NC(=O)[C@H](CCC(=O)O)NC(=O)[C@H](Cc1ccc(O)cc1)NC(=O)OCc1ccccc1)C(=O)N[C@@H](Cc1ccccc1)C(N)=O. The van der Waals surface area contributed by atoms with Gasteiger partial charge in [0.1, 0.15) is 66.4 Å². The van der Waals surface area contributed by atoms with Gasteiger partial charge in [-0.3, -0.25) is 63.6 Å². The molecule has 0 unspecified atom stereocenters. The average Bonchev–Trinajstić information content (AvgIpc) is 0.875. The Bertz CT molecular complexity index is 3630. The molecule has 23 N–H and O–H groups in total. The predicted molar refractivity (Wildman–Crippen MR) is 365 cm³/mol. The molecule has 0 fully saturated rings. The highest BCUT2D eigenvalue weighted by molar-refractivity contribution is 5.98. The summed E-state index contributed by atoms with van der Waals surface area (Å²) < 4.78 is 5.36. The lowest BCUT2D eigenvalue weighted by Crippen LogP contribution is -2.59. The van der Waals surface area contributed by atoms with Gasteiger partial charge in [-0.1, -0.05) is 115 Å². The van der Waals surface area contributed by atoms with Crippen molar-refractivity contribution in [1.29, 1.82) is 10.8 Å². The summed E-state index contributed by atoms with van der Waals surface area (Å²) >= 11 is 0. The van der Waals surface area contributed by atoms with Crippen LogP contribution in [0.15, 0.2) is 140 Å². The number of benzene rings is 5. The minimum Gasteiger partial charge on any atom is -0.508 e. The lowest BCUT2D eigenvalue weighted by molar-refractivity contribution is -0.139. The van der Waals surface area contributed by atoms with Gasteiger partial charge in [-0.15, -0.1) is 0 Å². The van der Waals surface area contributed by atoms with Gasteiger partial charge in [-0.05, 0) is 90.6 Å². The Balaban J connectivity index is 1.38. The van der Waals surface area contributed by atoms with E-state index in [4.69, 9.17) is 32.8 Å². The number of phenols is 2. The van der Waals surface area contributed by atoms with Crippen LogP contribution in [0.1, 0.15) is 79.2 Å². The van der Waals surface area contributed by atoms with E-state index in [-0.39, 0.29) is 88.5 Å². The number of guanidine groups is 2. The van der Waals surface area contributed by atoms with Gasteiger partial charge in [0.05, 0.1) is 6.54 Å². The van der Waals surface area contributed by atoms with Crippen LogP contribution in [0.4, 0.5) is 4.79 Å². The van der Waals surface area contributed by atoms with Crippen LogP contribution in [0.3, 0.4) is 0 Å². The van der Waals surface area contributed by atoms with Crippen molar-refractivity contribution in [2.45, 2.75) is 132 Å². The first kappa shape index (κ1) is 79.4. The molecule has 0 saturated heterocycles. The van der Waals surface area contributed by atoms with Crippen LogP contribution in [0.5, 0.6) is 11.5 Å². The first-order chi connectivity index (χ1) is 48.2. The standard InChI is InChI=1S/C68H86N16O17/c69-58(92)51(34-40-12-4-1-5-13-40)82-60(94)47(18-10-32-74-66(70)71)78-62(96)49(28-30-56(88)89)80-64(98)53(36-42-20-24-45(85)25-21-42)77-55(87)38-76-59(93)52(35-41-14-6-2-7-15-41)83-61(95)48(19-11-33-75-67(72)73)79-63(97)50(29-31-57(90)91)81-65(99)54(37-43-22-26-46(86)27-23-43)84-68(100)101-39-44-16-8-3-9-17-44/h1-9,12-17,20-27,47-54,85-86H,10-11,18-19,28-39H2,(H2,69,92)(H,76,93)(H,77,87)(H,78,96)(H,79,97)(H,80,98)(H,81,99)(H,82,94)(H,83,95)(H,84,100)(H,88,89)(H,90,91)(H4,70,71,74)(H4,72,73,75)/t47-,48-,49-,50-,51-,52-,53-,54-/m0/s1. The third-order valence-corrected chi connectivity index (χ3v) is 15.3. The summed E-state index contributed by atoms with van der Waals surface area (Å²) in [7, 11) is 0. The number of alkyl carbamates (subject to hydrolysis) is 1. The van der Waals surface area contributed by atoms with Crippen LogP contribution in [0.2, 0.25) is 0 Å². The molecule has 0 radical (unpaired) electrons. The lowest BCUT2D eigenvalue weighted by atomic mass is 10.0. The van der Waals surface area contributed by atoms with E-state index < -0.39 is 158 Å². The molecule has 0 aromatic heterocycles. The van der Waals surface area contributed by atoms with Gasteiger partial charge in [0.15, 0.2) is 11.9 Å². The summed E-state index contributed by atoms with van der Waals surface area (Å²) in [6, 6.07) is 24.1. The number of hydrogen-bond donors (Lipinski definition) is 20. The molecule has 101 heavy (non-hydrogen) atoms. The summed E-state index contributed by atoms with van der Waals surface area (Å²) in [6.07, 6.45) is -4.60. The second-order valence-electron chi connectivity index (χ2n) is 23.3. The topological polar surface area (TPSA) is 553 Å². The molecule has 540 valence electrons. The molecular weight excluding hydrogens is 1310 g/mol. The van der Waals surface area contributed by atoms with E-state index in [2.05, 4.69) is 58.5 Å². The second kappa shape index (κ2) is 41.7. The number of carboxylic acids is 2. The van der Waals surface area contributed by atoms with Crippen molar-refractivity contribution in [3.63, 3.8) is 0 Å². The van der Waals surface area contributed by atoms with Crippen LogP contribution in [-0.2, 0) is 89.8 Å². The average molecular weight is 1400 g/mol. The van der Waals surface area contributed by atoms with Gasteiger partial charge in [-0.2, -0.15) is 0 Å². The van der Waals surface area contributed by atoms with Crippen LogP contribution < -0.4 is 75.7 Å². The molecule has 5 rings (SSSR count). The fourth-order valence-corrected chi connectivity index (χ4v) is 10.0. The summed E-state index contributed by atoms with van der Waals surface area (Å²) in [5.74, 6) is -12.8. The fourth-order valence-electron chi connectivity index (χ4n) is 10.0. The van der Waals surface area contributed by atoms with Gasteiger partial charge in [0.2, 0.25) is 53.2 Å². The molecule has 5 aromatic carbocycles. The van der Waals surface area contributed by atoms with E-state index in [1.54, 1.807) is 91.0 Å². The molecule has 0 spiro atoms. The number of phenolic OH excluding ortho intramolecular Hbond substituents is 2. The summed E-state index contributed by atoms with van der Waals surface area (Å²) in [5, 5.41) is 82.4. The van der Waals surface area contributed by atoms with Gasteiger partial charge >= 0.3 is 18.0 Å². The molecule has 0 bridgehead atoms. The summed E-state index contributed by atoms with van der Waals surface area (Å²) in [6.45, 7) is -1.03. The van der Waals surface area contributed by atoms with E-state index in [0.717, 1.165) is 0 Å². The third kappa shape index (κ3) is 30.3. The number of rotatable bonds is 42. The zero-order valence-electron chi connectivity index (χ0n) is 55.0. The lowest BCUT2D eigenvalue weighted by Gasteiger charge is -2.27. The normalized spacial score (nSPS) is 13.1. The molecule has 10 amide bonds. The van der Waals surface area contributed by atoms with E-state index in [0.29, 0.717) is 27.8 Å². The minimum absolute atomic E-state index is 0.0125. The Labute approximate surface area is 580 Å². The molecule has 33 nitrogen and oxygen atoms in total. The highest BCUT2D eigenvalue weighted by atomic mass is 16.5. The number of carbonyl (C=O) groups is 12. The van der Waals surface area contributed by atoms with E-state index in [1.165, 1.54) is 48.5 Å². The van der Waals surface area contributed by atoms with E-state index >= 15 is 0 Å². The number of aliphatic carboxylic acids is 2. The molecule has 5 aromatic rings. The predicted octanol–water partition coefficient (Wildman–Crippen LogP) is -1.09. The number of nitrogens with one attached hydrogen (secondary N) is 13. The molecule has 0 aliphatic rings. The summed E-state index contributed by atoms with van der Waals surface area (Å²) in [4.78, 5) is 164. The number of amides is 10. The zero-order valence-corrected chi connectivity index (χ0v) is 55.0. The molecule has 33 heteroatoms. The quantitative estimate of drug-likeness (QED) is 0.0125. The summed E-state index contributed by atoms with van der Waals surface area (Å²) in [5.41, 5.74) is 19.1. The first-order valence-corrected chi connectivity index (χ1v) is 32.1. The third-order valence-electron chi connectivity index (χ3n) is 15.3. The van der Waals surface area contributed by atoms with Crippen LogP contribution in [-0.4, -0.2) is 172 Å². The number of hydrogen-bond acceptors (Lipinski definition) is 17. The Hall–Kier alpha value is -12.3. The van der Waals surface area contributed by atoms with E-state index in [1.807, 2.05) is 0 Å². The second-order valence-corrected chi connectivity index (χ2v) is 23.3. The molecule has 8 atom stereocenters. The highest BCUT2D eigenvalue weighted by Gasteiger charge is 2.35. The maximum absolute atomic E-state index is 14.6. The fraction of sp³-hybridized carbons (Fsp3) is 0.353. The maximum atomic E-state index is 14.6. The number of carboxylic acid groups (broad SMARTS) is 2. The number of primary amides is 1. The van der Waals surface area contributed by atoms with Crippen molar-refractivity contribution < 1.29 is 82.7 Å². The Morgan fingerprint density at radius 3 is 1.06 bits per heavy atom. The first-order valence-electron chi connectivity index (χ1n) is 32.1. The Morgan fingerprint density at radius 1 is 0.366 bits per heavy atom. The van der Waals surface area contributed by atoms with Crippen molar-refractivity contribution in [1.82, 2.24) is 58.5 Å². The molecule has 0 aliphatic carbocycles. The molecule has 0 saturated carbocycles. The number of nitrogens with two attached hydrogens (primary N) is 3.